The fourth-order valence-corrected chi connectivity index (χ4v) is 9.51. The van der Waals surface area contributed by atoms with E-state index in [1.54, 1.807) is 0 Å². The summed E-state index contributed by atoms with van der Waals surface area (Å²) in [7, 11) is 0. The van der Waals surface area contributed by atoms with Crippen molar-refractivity contribution in [3.8, 4) is 0 Å². The lowest BCUT2D eigenvalue weighted by atomic mass is 10.0. The molecular weight excluding hydrogens is 1120 g/mol. The minimum atomic E-state index is 1.33. The zero-order valence-electron chi connectivity index (χ0n) is 65.1. The first-order valence-electron chi connectivity index (χ1n) is 33.6. The van der Waals surface area contributed by atoms with E-state index in [4.69, 9.17) is 0 Å². The molecule has 0 spiro atoms. The van der Waals surface area contributed by atoms with Crippen molar-refractivity contribution in [3.05, 3.63) is 347 Å². The van der Waals surface area contributed by atoms with Crippen LogP contribution in [0.15, 0.2) is 164 Å². The van der Waals surface area contributed by atoms with Gasteiger partial charge in [0.25, 0.3) is 0 Å². The minimum absolute atomic E-state index is 1.33. The maximum absolute atomic E-state index is 2.24. The zero-order chi connectivity index (χ0) is 71.1. The van der Waals surface area contributed by atoms with Crippen molar-refractivity contribution in [3.63, 3.8) is 0 Å². The molecule has 0 saturated carbocycles. The Morgan fingerprint density at radius 3 is 0.258 bits per heavy atom. The van der Waals surface area contributed by atoms with Crippen molar-refractivity contribution in [2.45, 2.75) is 228 Å². The molecule has 0 saturated heterocycles. The highest BCUT2D eigenvalue weighted by Gasteiger charge is 2.00. The molecule has 0 atom stereocenters. The summed E-state index contributed by atoms with van der Waals surface area (Å²) in [4.78, 5) is 0. The van der Waals surface area contributed by atoms with Gasteiger partial charge < -0.3 is 0 Å². The van der Waals surface area contributed by atoms with Crippen LogP contribution in [0.25, 0.3) is 0 Å². The van der Waals surface area contributed by atoms with Crippen LogP contribution in [0.2, 0.25) is 0 Å². The summed E-state index contributed by atoms with van der Waals surface area (Å²) in [5.74, 6) is 0. The molecule has 0 amide bonds. The third-order valence-electron chi connectivity index (χ3n) is 18.0. The number of aryl methyl sites for hydroxylation is 33. The second kappa shape index (κ2) is 41.7. The molecule has 10 rings (SSSR count). The number of hydrogen-bond acceptors (Lipinski definition) is 0. The number of rotatable bonds is 0. The molecule has 0 aliphatic carbocycles. The van der Waals surface area contributed by atoms with Crippen molar-refractivity contribution in [2.75, 3.05) is 0 Å². The first-order chi connectivity index (χ1) is 43.2. The van der Waals surface area contributed by atoms with Crippen LogP contribution in [-0.4, -0.2) is 0 Å². The monoisotopic (exact) mass is 1240 g/mol. The molecular formula is C93H126. The Hall–Kier alpha value is -7.80. The lowest BCUT2D eigenvalue weighted by Gasteiger charge is -2.04. The molecule has 0 heteroatoms. The third-order valence-corrected chi connectivity index (χ3v) is 18.0. The van der Waals surface area contributed by atoms with Crippen LogP contribution in [0.4, 0.5) is 0 Å². The summed E-state index contributed by atoms with van der Waals surface area (Å²) < 4.78 is 0. The van der Waals surface area contributed by atoms with Gasteiger partial charge in [-0.15, -0.1) is 0 Å². The predicted molar refractivity (Wildman–Crippen MR) is 421 cm³/mol. The van der Waals surface area contributed by atoms with Gasteiger partial charge in [0.05, 0.1) is 0 Å². The highest BCUT2D eigenvalue weighted by molar-refractivity contribution is 5.39. The number of benzene rings is 10. The summed E-state index contributed by atoms with van der Waals surface area (Å²) in [6, 6.07) is 58.9. The molecule has 0 fully saturated rings. The van der Waals surface area contributed by atoms with Gasteiger partial charge >= 0.3 is 0 Å². The molecule has 93 heavy (non-hydrogen) atoms. The largest absolute Gasteiger partial charge is 0.0591 e. The van der Waals surface area contributed by atoms with E-state index in [1.165, 1.54) is 184 Å². The minimum Gasteiger partial charge on any atom is -0.0591 e. The van der Waals surface area contributed by atoms with Gasteiger partial charge in [0.1, 0.15) is 0 Å². The maximum Gasteiger partial charge on any atom is -0.0395 e. The molecule has 0 aliphatic heterocycles. The topological polar surface area (TPSA) is 0 Å². The van der Waals surface area contributed by atoms with Gasteiger partial charge in [0.15, 0.2) is 0 Å². The van der Waals surface area contributed by atoms with Crippen molar-refractivity contribution in [1.29, 1.82) is 0 Å². The van der Waals surface area contributed by atoms with E-state index in [0.717, 1.165) is 0 Å². The van der Waals surface area contributed by atoms with Crippen LogP contribution in [0.3, 0.4) is 0 Å². The first-order valence-corrected chi connectivity index (χ1v) is 33.6. The van der Waals surface area contributed by atoms with Crippen molar-refractivity contribution >= 4 is 0 Å². The van der Waals surface area contributed by atoms with Crippen LogP contribution in [0.5, 0.6) is 0 Å². The van der Waals surface area contributed by atoms with Crippen LogP contribution in [-0.2, 0) is 0 Å². The van der Waals surface area contributed by atoms with E-state index in [-0.39, 0.29) is 0 Å². The van der Waals surface area contributed by atoms with Crippen LogP contribution < -0.4 is 0 Å². The fourth-order valence-electron chi connectivity index (χ4n) is 9.51. The predicted octanol–water partition coefficient (Wildman–Crippen LogP) is 27.0. The first kappa shape index (κ1) is 83.2. The second-order valence-corrected chi connectivity index (χ2v) is 27.2. The second-order valence-electron chi connectivity index (χ2n) is 27.2. The summed E-state index contributed by atoms with van der Waals surface area (Å²) in [6.45, 7) is 70.6. The van der Waals surface area contributed by atoms with Crippen molar-refractivity contribution < 1.29 is 0 Å². The smallest absolute Gasteiger partial charge is 0.0395 e. The van der Waals surface area contributed by atoms with E-state index < -0.39 is 0 Å². The molecule has 0 aliphatic rings. The van der Waals surface area contributed by atoms with Crippen LogP contribution >= 0.6 is 0 Å². The highest BCUT2D eigenvalue weighted by Crippen LogP contribution is 2.18. The molecule has 498 valence electrons. The normalized spacial score (nSPS) is 9.77. The Balaban J connectivity index is 0.000000517. The fraction of sp³-hybridized carbons (Fsp3) is 0.355. The Kier molecular flexibility index (Phi) is 37.3. The Labute approximate surface area is 572 Å². The molecule has 0 nitrogen and oxygen atoms in total. The van der Waals surface area contributed by atoms with Gasteiger partial charge in [-0.1, -0.05) is 203 Å². The summed E-state index contributed by atoms with van der Waals surface area (Å²) in [5.41, 5.74) is 45.5. The van der Waals surface area contributed by atoms with E-state index in [0.29, 0.717) is 0 Å². The molecule has 10 aromatic carbocycles. The lowest BCUT2D eigenvalue weighted by molar-refractivity contribution is 1.24. The quantitative estimate of drug-likeness (QED) is 0.142. The molecule has 0 radical (unpaired) electrons. The Bertz CT molecular complexity index is 3170. The van der Waals surface area contributed by atoms with E-state index in [9.17, 15) is 0 Å². The van der Waals surface area contributed by atoms with E-state index in [2.05, 4.69) is 392 Å². The summed E-state index contributed by atoms with van der Waals surface area (Å²) >= 11 is 0. The average molecular weight is 1240 g/mol. The molecule has 0 bridgehead atoms. The van der Waals surface area contributed by atoms with Crippen LogP contribution in [0, 0.1) is 228 Å². The highest BCUT2D eigenvalue weighted by atomic mass is 14.1. The van der Waals surface area contributed by atoms with Crippen molar-refractivity contribution in [2.24, 2.45) is 0 Å². The van der Waals surface area contributed by atoms with E-state index >= 15 is 0 Å². The lowest BCUT2D eigenvalue weighted by Crippen LogP contribution is -1.86. The molecule has 0 N–H and O–H groups in total. The van der Waals surface area contributed by atoms with Crippen LogP contribution in [0.1, 0.15) is 184 Å². The molecule has 0 aromatic heterocycles. The van der Waals surface area contributed by atoms with Crippen molar-refractivity contribution in [1.82, 2.24) is 0 Å². The maximum atomic E-state index is 2.24. The van der Waals surface area contributed by atoms with Gasteiger partial charge in [-0.2, -0.15) is 0 Å². The molecule has 0 unspecified atom stereocenters. The summed E-state index contributed by atoms with van der Waals surface area (Å²) in [6.07, 6.45) is 0. The summed E-state index contributed by atoms with van der Waals surface area (Å²) in [5, 5.41) is 0. The van der Waals surface area contributed by atoms with Gasteiger partial charge in [-0.05, 0) is 373 Å². The molecule has 0 heterocycles. The number of hydrogen-bond donors (Lipinski definition) is 0. The van der Waals surface area contributed by atoms with Gasteiger partial charge in [-0.3, -0.25) is 0 Å². The average Bonchev–Trinajstić information content (AvgIpc) is 2.01. The van der Waals surface area contributed by atoms with Gasteiger partial charge in [0, 0.05) is 0 Å². The Morgan fingerprint density at radius 2 is 0.172 bits per heavy atom. The standard InChI is InChI=1S/4C10H14.5C9H12.C8H10/c4*1-7-5-9(3)10(4)6-8(7)2;5*1-7-4-5-8(2)9(3)6-7;1-7-3-5-8(2)6-4-7/h4*5-6H,1-4H3;5*4-6H,1-3H3;3-6H,1-2H3. The zero-order valence-corrected chi connectivity index (χ0v) is 65.1. The third kappa shape index (κ3) is 33.1. The van der Waals surface area contributed by atoms with Gasteiger partial charge in [0.2, 0.25) is 0 Å². The Morgan fingerprint density at radius 1 is 0.0860 bits per heavy atom. The van der Waals surface area contributed by atoms with Gasteiger partial charge in [-0.25, -0.2) is 0 Å². The molecule has 10 aromatic rings. The van der Waals surface area contributed by atoms with E-state index in [1.807, 2.05) is 0 Å². The SMILES string of the molecule is Cc1cc(C)c(C)cc1C.Cc1cc(C)c(C)cc1C.Cc1cc(C)c(C)cc1C.Cc1cc(C)c(C)cc1C.Cc1ccc(C)c(C)c1.Cc1ccc(C)c(C)c1.Cc1ccc(C)c(C)c1.Cc1ccc(C)c(C)c1.Cc1ccc(C)c(C)c1.Cc1ccc(C)cc1.